The predicted octanol–water partition coefficient (Wildman–Crippen LogP) is 5.57. The molecular weight excluding hydrogens is 418 g/mol. The molecule has 174 valence electrons. The van der Waals surface area contributed by atoms with Crippen molar-refractivity contribution in [2.24, 2.45) is 12.8 Å². The zero-order chi connectivity index (χ0) is 24.4. The highest BCUT2D eigenvalue weighted by Gasteiger charge is 2.22. The summed E-state index contributed by atoms with van der Waals surface area (Å²) in [7, 11) is 5.87. The number of aromatic nitrogens is 1. The molecule has 1 heterocycles. The largest absolute Gasteiger partial charge is 0.403 e. The van der Waals surface area contributed by atoms with E-state index in [-0.39, 0.29) is 11.5 Å². The van der Waals surface area contributed by atoms with Crippen LogP contribution in [0.25, 0.3) is 22.0 Å². The first kappa shape index (κ1) is 23.4. The first-order chi connectivity index (χ1) is 16.3. The van der Waals surface area contributed by atoms with Gasteiger partial charge in [0.2, 0.25) is 0 Å². The first-order valence-electron chi connectivity index (χ1n) is 11.7. The maximum absolute atomic E-state index is 12.8. The van der Waals surface area contributed by atoms with Crippen LogP contribution in [0, 0.1) is 6.92 Å². The number of hydrogen-bond acceptors (Lipinski definition) is 3. The summed E-state index contributed by atoms with van der Waals surface area (Å²) in [4.78, 5) is 14.9. The number of fused-ring (bicyclic) bond motifs is 1. The van der Waals surface area contributed by atoms with Crippen molar-refractivity contribution in [1.29, 1.82) is 0 Å². The van der Waals surface area contributed by atoms with Crippen molar-refractivity contribution in [3.8, 4) is 11.1 Å². The van der Waals surface area contributed by atoms with Crippen LogP contribution in [0.4, 0.5) is 0 Å². The van der Waals surface area contributed by atoms with Gasteiger partial charge in [-0.2, -0.15) is 0 Å². The summed E-state index contributed by atoms with van der Waals surface area (Å²) < 4.78 is 1.72. The van der Waals surface area contributed by atoms with Gasteiger partial charge in [0.05, 0.1) is 11.4 Å². The SMILES string of the molecule is CCc1cccc(-c2cc(=O)n(C)c3ccc(C(/C(=C/N)N(C)C)c4ccc(C)cc4)cc23)c1. The second-order valence-electron chi connectivity index (χ2n) is 9.12. The number of nitrogens with zero attached hydrogens (tertiary/aromatic N) is 2. The molecule has 4 rings (SSSR count). The second kappa shape index (κ2) is 9.60. The van der Waals surface area contributed by atoms with E-state index < -0.39 is 0 Å². The van der Waals surface area contributed by atoms with Gasteiger partial charge < -0.3 is 15.2 Å². The van der Waals surface area contributed by atoms with Gasteiger partial charge in [-0.15, -0.1) is 0 Å². The van der Waals surface area contributed by atoms with Crippen molar-refractivity contribution in [3.63, 3.8) is 0 Å². The number of pyridine rings is 1. The van der Waals surface area contributed by atoms with Crippen molar-refractivity contribution < 1.29 is 0 Å². The fourth-order valence-corrected chi connectivity index (χ4v) is 4.65. The average Bonchev–Trinajstić information content (AvgIpc) is 2.85. The first-order valence-corrected chi connectivity index (χ1v) is 11.7. The van der Waals surface area contributed by atoms with E-state index in [2.05, 4.69) is 85.5 Å². The molecule has 1 aromatic heterocycles. The third kappa shape index (κ3) is 4.36. The van der Waals surface area contributed by atoms with E-state index >= 15 is 0 Å². The Hall–Kier alpha value is -3.79. The average molecular weight is 452 g/mol. The fraction of sp³-hybridized carbons (Fsp3) is 0.233. The number of likely N-dealkylation sites (N-methyl/N-ethyl adjacent to an activating group) is 1. The molecule has 0 fully saturated rings. The number of nitrogens with two attached hydrogens (primary N) is 1. The number of rotatable bonds is 6. The van der Waals surface area contributed by atoms with Gasteiger partial charge >= 0.3 is 0 Å². The minimum Gasteiger partial charge on any atom is -0.403 e. The predicted molar refractivity (Wildman–Crippen MR) is 143 cm³/mol. The lowest BCUT2D eigenvalue weighted by molar-refractivity contribution is 0.478. The summed E-state index contributed by atoms with van der Waals surface area (Å²) >= 11 is 0. The normalized spacial score (nSPS) is 12.7. The fourth-order valence-electron chi connectivity index (χ4n) is 4.65. The monoisotopic (exact) mass is 451 g/mol. The van der Waals surface area contributed by atoms with E-state index in [0.717, 1.165) is 39.7 Å². The molecule has 1 atom stereocenters. The Bertz CT molecular complexity index is 1410. The van der Waals surface area contributed by atoms with E-state index in [0.29, 0.717) is 0 Å². The minimum atomic E-state index is -0.0305. The summed E-state index contributed by atoms with van der Waals surface area (Å²) in [6.07, 6.45) is 2.64. The van der Waals surface area contributed by atoms with Gasteiger partial charge in [0, 0.05) is 44.5 Å². The lowest BCUT2D eigenvalue weighted by Crippen LogP contribution is -2.21. The van der Waals surface area contributed by atoms with Crippen LogP contribution in [0.5, 0.6) is 0 Å². The standard InChI is InChI=1S/C30H33N3O/c1-6-21-8-7-9-23(16-21)25-18-29(34)33(5)27-15-14-24(17-26(25)27)30(28(19-31)32(3)4)22-12-10-20(2)11-13-22/h7-19,30H,6,31H2,1-5H3/b28-19-. The van der Waals surface area contributed by atoms with Gasteiger partial charge in [0.15, 0.2) is 0 Å². The van der Waals surface area contributed by atoms with Crippen LogP contribution in [-0.4, -0.2) is 23.6 Å². The second-order valence-corrected chi connectivity index (χ2v) is 9.12. The molecule has 0 amide bonds. The molecule has 2 N–H and O–H groups in total. The molecule has 0 saturated carbocycles. The number of allylic oxidation sites excluding steroid dienone is 1. The molecular formula is C30H33N3O. The summed E-state index contributed by atoms with van der Waals surface area (Å²) in [5.74, 6) is -0.0305. The van der Waals surface area contributed by atoms with Gasteiger partial charge in [0.25, 0.3) is 5.56 Å². The van der Waals surface area contributed by atoms with E-state index in [1.807, 2.05) is 21.1 Å². The molecule has 0 aliphatic carbocycles. The molecule has 4 nitrogen and oxygen atoms in total. The minimum absolute atomic E-state index is 0.0110. The van der Waals surface area contributed by atoms with Crippen molar-refractivity contribution in [2.45, 2.75) is 26.2 Å². The number of hydrogen-bond donors (Lipinski definition) is 1. The molecule has 4 aromatic rings. The van der Waals surface area contributed by atoms with Gasteiger partial charge in [-0.1, -0.05) is 67.1 Å². The van der Waals surface area contributed by atoms with E-state index in [1.54, 1.807) is 16.8 Å². The number of benzene rings is 3. The van der Waals surface area contributed by atoms with E-state index in [9.17, 15) is 4.79 Å². The van der Waals surface area contributed by atoms with E-state index in [4.69, 9.17) is 5.73 Å². The highest BCUT2D eigenvalue weighted by Crippen LogP contribution is 2.36. The third-order valence-corrected chi connectivity index (χ3v) is 6.64. The Morgan fingerprint density at radius 1 is 1.00 bits per heavy atom. The molecule has 34 heavy (non-hydrogen) atoms. The Balaban J connectivity index is 2.00. The van der Waals surface area contributed by atoms with Crippen molar-refractivity contribution in [3.05, 3.63) is 117 Å². The molecule has 0 radical (unpaired) electrons. The maximum Gasteiger partial charge on any atom is 0.251 e. The van der Waals surface area contributed by atoms with Crippen molar-refractivity contribution in [1.82, 2.24) is 9.47 Å². The zero-order valence-corrected chi connectivity index (χ0v) is 20.7. The topological polar surface area (TPSA) is 51.3 Å². The van der Waals surface area contributed by atoms with Crippen LogP contribution >= 0.6 is 0 Å². The number of aryl methyl sites for hydroxylation is 3. The van der Waals surface area contributed by atoms with E-state index in [1.165, 1.54) is 16.7 Å². The van der Waals surface area contributed by atoms with Gasteiger partial charge in [-0.05, 0) is 53.3 Å². The van der Waals surface area contributed by atoms with Gasteiger partial charge in [-0.25, -0.2) is 0 Å². The molecule has 0 spiro atoms. The molecule has 0 saturated heterocycles. The van der Waals surface area contributed by atoms with Crippen LogP contribution in [-0.2, 0) is 13.5 Å². The van der Waals surface area contributed by atoms with Crippen LogP contribution in [0.15, 0.2) is 89.5 Å². The van der Waals surface area contributed by atoms with Gasteiger partial charge in [-0.3, -0.25) is 4.79 Å². The summed E-state index contributed by atoms with van der Waals surface area (Å²) in [6.45, 7) is 4.24. The zero-order valence-electron chi connectivity index (χ0n) is 20.7. The molecule has 0 aliphatic heterocycles. The molecule has 3 aromatic carbocycles. The Morgan fingerprint density at radius 2 is 1.71 bits per heavy atom. The summed E-state index contributed by atoms with van der Waals surface area (Å²) in [6, 6.07) is 25.2. The Kier molecular flexibility index (Phi) is 6.60. The molecule has 0 bridgehead atoms. The van der Waals surface area contributed by atoms with Crippen LogP contribution in [0.1, 0.15) is 35.1 Å². The highest BCUT2D eigenvalue weighted by atomic mass is 16.1. The Labute approximate surface area is 202 Å². The highest BCUT2D eigenvalue weighted by molar-refractivity contribution is 5.95. The molecule has 0 aliphatic rings. The smallest absolute Gasteiger partial charge is 0.251 e. The third-order valence-electron chi connectivity index (χ3n) is 6.64. The van der Waals surface area contributed by atoms with Crippen LogP contribution < -0.4 is 11.3 Å². The van der Waals surface area contributed by atoms with Crippen LogP contribution in [0.2, 0.25) is 0 Å². The molecule has 4 heteroatoms. The lowest BCUT2D eigenvalue weighted by atomic mass is 9.86. The lowest BCUT2D eigenvalue weighted by Gasteiger charge is -2.27. The Morgan fingerprint density at radius 3 is 2.35 bits per heavy atom. The maximum atomic E-state index is 12.8. The van der Waals surface area contributed by atoms with Gasteiger partial charge in [0.1, 0.15) is 0 Å². The van der Waals surface area contributed by atoms with Crippen molar-refractivity contribution >= 4 is 10.9 Å². The quantitative estimate of drug-likeness (QED) is 0.417. The molecule has 1 unspecified atom stereocenters. The summed E-state index contributed by atoms with van der Waals surface area (Å²) in [5, 5.41) is 1.06. The van der Waals surface area contributed by atoms with Crippen LogP contribution in [0.3, 0.4) is 0 Å². The van der Waals surface area contributed by atoms with Crippen molar-refractivity contribution in [2.75, 3.05) is 14.1 Å². The summed E-state index contributed by atoms with van der Waals surface area (Å²) in [5.41, 5.74) is 14.9.